The highest BCUT2D eigenvalue weighted by molar-refractivity contribution is 5.74. The van der Waals surface area contributed by atoms with Gasteiger partial charge in [-0.1, -0.05) is 12.2 Å². The molecule has 0 atom stereocenters. The van der Waals surface area contributed by atoms with E-state index in [4.69, 9.17) is 0 Å². The predicted molar refractivity (Wildman–Crippen MR) is 46.6 cm³/mol. The average molecular weight is 208 g/mol. The molecule has 3 nitrogen and oxygen atoms in total. The van der Waals surface area contributed by atoms with E-state index in [1.807, 2.05) is 0 Å². The number of hydrogen-bond donors (Lipinski definition) is 1. The summed E-state index contributed by atoms with van der Waals surface area (Å²) in [5.41, 5.74) is 0. The molecule has 0 aliphatic heterocycles. The number of carbonyl (C=O) groups is 1. The number of rotatable bonds is 4. The first-order chi connectivity index (χ1) is 6.40. The lowest BCUT2D eigenvalue weighted by atomic mass is 10.5. The molecule has 0 aliphatic carbocycles. The number of urea groups is 1. The molecule has 0 bridgehead atoms. The normalized spacial score (nSPS) is 10.5. The van der Waals surface area contributed by atoms with Gasteiger partial charge in [-0.05, 0) is 0 Å². The van der Waals surface area contributed by atoms with Gasteiger partial charge < -0.3 is 4.90 Å². The topological polar surface area (TPSA) is 32.3 Å². The third-order valence-corrected chi connectivity index (χ3v) is 1.23. The summed E-state index contributed by atoms with van der Waals surface area (Å²) in [6.45, 7) is 6.72. The van der Waals surface area contributed by atoms with E-state index in [0.29, 0.717) is 0 Å². The van der Waals surface area contributed by atoms with Gasteiger partial charge in [0.15, 0.2) is 0 Å². The number of hydrogen-bond acceptors (Lipinski definition) is 1. The molecular weight excluding hydrogens is 197 g/mol. The molecule has 14 heavy (non-hydrogen) atoms. The van der Waals surface area contributed by atoms with Gasteiger partial charge in [0.1, 0.15) is 0 Å². The monoisotopic (exact) mass is 208 g/mol. The first-order valence-electron chi connectivity index (χ1n) is 3.76. The maximum Gasteiger partial charge on any atom is 0.485 e. The van der Waals surface area contributed by atoms with Crippen LogP contribution in [-0.4, -0.2) is 30.3 Å². The summed E-state index contributed by atoms with van der Waals surface area (Å²) in [7, 11) is 0. The molecule has 0 saturated heterocycles. The van der Waals surface area contributed by atoms with Crippen molar-refractivity contribution in [3.63, 3.8) is 0 Å². The molecule has 0 aromatic rings. The highest BCUT2D eigenvalue weighted by atomic mass is 19.4. The molecule has 1 N–H and O–H groups in total. The van der Waals surface area contributed by atoms with Crippen molar-refractivity contribution in [1.29, 1.82) is 0 Å². The third-order valence-electron chi connectivity index (χ3n) is 1.23. The van der Waals surface area contributed by atoms with Crippen LogP contribution in [-0.2, 0) is 0 Å². The van der Waals surface area contributed by atoms with Gasteiger partial charge in [-0.3, -0.25) is 0 Å². The fourth-order valence-corrected chi connectivity index (χ4v) is 0.752. The Balaban J connectivity index is 4.28. The van der Waals surface area contributed by atoms with Crippen molar-refractivity contribution in [3.05, 3.63) is 25.3 Å². The summed E-state index contributed by atoms with van der Waals surface area (Å²) in [4.78, 5) is 11.9. The Morgan fingerprint density at radius 1 is 1.29 bits per heavy atom. The first-order valence-corrected chi connectivity index (χ1v) is 3.76. The summed E-state index contributed by atoms with van der Waals surface area (Å²) in [6, 6.07) is -1.21. The summed E-state index contributed by atoms with van der Waals surface area (Å²) in [5, 5.41) is 0.880. The van der Waals surface area contributed by atoms with E-state index < -0.39 is 12.3 Å². The highest BCUT2D eigenvalue weighted by Crippen LogP contribution is 2.10. The molecule has 0 saturated carbocycles. The van der Waals surface area contributed by atoms with Gasteiger partial charge in [-0.25, -0.2) is 10.1 Å². The van der Waals surface area contributed by atoms with Gasteiger partial charge in [-0.15, -0.1) is 13.2 Å². The van der Waals surface area contributed by atoms with Crippen LogP contribution in [0.1, 0.15) is 0 Å². The summed E-state index contributed by atoms with van der Waals surface area (Å²) >= 11 is 0. The van der Waals surface area contributed by atoms with Crippen molar-refractivity contribution in [2.45, 2.75) is 6.30 Å². The summed E-state index contributed by atoms with van der Waals surface area (Å²) in [5.74, 6) is 0. The molecule has 0 radical (unpaired) electrons. The fourth-order valence-electron chi connectivity index (χ4n) is 0.752. The third kappa shape index (κ3) is 5.23. The van der Waals surface area contributed by atoms with Crippen molar-refractivity contribution in [2.24, 2.45) is 0 Å². The zero-order valence-electron chi connectivity index (χ0n) is 7.47. The number of halogens is 3. The second-order valence-electron chi connectivity index (χ2n) is 2.41. The van der Waals surface area contributed by atoms with E-state index in [1.165, 1.54) is 12.2 Å². The summed E-state index contributed by atoms with van der Waals surface area (Å²) in [6.07, 6.45) is -2.05. The molecule has 0 unspecified atom stereocenters. The maximum atomic E-state index is 11.7. The molecule has 0 fully saturated rings. The van der Waals surface area contributed by atoms with Crippen LogP contribution in [0.3, 0.4) is 0 Å². The number of amides is 2. The van der Waals surface area contributed by atoms with Crippen LogP contribution < -0.4 is 5.32 Å². The van der Waals surface area contributed by atoms with Gasteiger partial charge in [0.05, 0.1) is 0 Å². The molecular formula is C8H11F3N2O. The Labute approximate surface area is 79.9 Å². The van der Waals surface area contributed by atoms with Gasteiger partial charge in [0, 0.05) is 13.1 Å². The zero-order valence-corrected chi connectivity index (χ0v) is 7.47. The minimum absolute atomic E-state index is 0.0356. The minimum Gasteiger partial charge on any atom is -0.317 e. The van der Waals surface area contributed by atoms with Gasteiger partial charge in [0.25, 0.3) is 0 Å². The SMILES string of the molecule is C=CCN(CC=C)C(=O)NC(F)(F)F. The van der Waals surface area contributed by atoms with Crippen LogP contribution in [0.2, 0.25) is 0 Å². The Morgan fingerprint density at radius 2 is 1.71 bits per heavy atom. The Bertz CT molecular complexity index is 215. The zero-order chi connectivity index (χ0) is 11.2. The number of nitrogens with one attached hydrogen (secondary N) is 1. The molecule has 80 valence electrons. The van der Waals surface area contributed by atoms with E-state index in [9.17, 15) is 18.0 Å². The molecule has 0 aliphatic rings. The smallest absolute Gasteiger partial charge is 0.317 e. The van der Waals surface area contributed by atoms with Crippen molar-refractivity contribution >= 4 is 6.03 Å². The predicted octanol–water partition coefficient (Wildman–Crippen LogP) is 1.89. The second-order valence-corrected chi connectivity index (χ2v) is 2.41. The van der Waals surface area contributed by atoms with E-state index in [-0.39, 0.29) is 13.1 Å². The van der Waals surface area contributed by atoms with Crippen LogP contribution in [0, 0.1) is 0 Å². The van der Waals surface area contributed by atoms with E-state index >= 15 is 0 Å². The molecule has 0 heterocycles. The fraction of sp³-hybridized carbons (Fsp3) is 0.375. The van der Waals surface area contributed by atoms with E-state index in [0.717, 1.165) is 10.2 Å². The van der Waals surface area contributed by atoms with Crippen LogP contribution in [0.15, 0.2) is 25.3 Å². The van der Waals surface area contributed by atoms with E-state index in [2.05, 4.69) is 13.2 Å². The molecule has 2 amide bonds. The molecule has 0 spiro atoms. The summed E-state index contributed by atoms with van der Waals surface area (Å²) < 4.78 is 35.2. The quantitative estimate of drug-likeness (QED) is 0.555. The van der Waals surface area contributed by atoms with Crippen LogP contribution in [0.4, 0.5) is 18.0 Å². The lowest BCUT2D eigenvalue weighted by Gasteiger charge is -2.20. The largest absolute Gasteiger partial charge is 0.485 e. The lowest BCUT2D eigenvalue weighted by Crippen LogP contribution is -2.46. The van der Waals surface area contributed by atoms with Crippen LogP contribution >= 0.6 is 0 Å². The van der Waals surface area contributed by atoms with Crippen molar-refractivity contribution in [1.82, 2.24) is 10.2 Å². The number of carbonyl (C=O) groups excluding carboxylic acids is 1. The second kappa shape index (κ2) is 5.31. The van der Waals surface area contributed by atoms with Gasteiger partial charge >= 0.3 is 12.3 Å². The van der Waals surface area contributed by atoms with Gasteiger partial charge in [-0.2, -0.15) is 13.2 Å². The lowest BCUT2D eigenvalue weighted by molar-refractivity contribution is -0.147. The highest BCUT2D eigenvalue weighted by Gasteiger charge is 2.31. The molecule has 0 aromatic carbocycles. The molecule has 6 heteroatoms. The van der Waals surface area contributed by atoms with Crippen molar-refractivity contribution in [2.75, 3.05) is 13.1 Å². The van der Waals surface area contributed by atoms with Crippen LogP contribution in [0.25, 0.3) is 0 Å². The van der Waals surface area contributed by atoms with Gasteiger partial charge in [0.2, 0.25) is 0 Å². The van der Waals surface area contributed by atoms with E-state index in [1.54, 1.807) is 0 Å². The first kappa shape index (κ1) is 12.5. The van der Waals surface area contributed by atoms with Crippen molar-refractivity contribution in [3.8, 4) is 0 Å². The Morgan fingerprint density at radius 3 is 2.00 bits per heavy atom. The Kier molecular flexibility index (Phi) is 4.76. The maximum absolute atomic E-state index is 11.7. The standard InChI is InChI=1S/C8H11F3N2O/c1-3-5-13(6-4-2)7(14)12-8(9,10)11/h3-4H,1-2,5-6H2,(H,12,14). The van der Waals surface area contributed by atoms with Crippen molar-refractivity contribution < 1.29 is 18.0 Å². The Hall–Kier alpha value is -1.46. The minimum atomic E-state index is -4.71. The number of nitrogens with zero attached hydrogens (tertiary/aromatic N) is 1. The molecule has 0 rings (SSSR count). The van der Waals surface area contributed by atoms with Crippen LogP contribution in [0.5, 0.6) is 0 Å². The average Bonchev–Trinajstić information content (AvgIpc) is 2.01. The number of alkyl halides is 3. The molecule has 0 aromatic heterocycles.